The Labute approximate surface area is 114 Å². The Morgan fingerprint density at radius 1 is 1.58 bits per heavy atom. The summed E-state index contributed by atoms with van der Waals surface area (Å²) in [4.78, 5) is 26.9. The average Bonchev–Trinajstić information content (AvgIpc) is 2.37. The quantitative estimate of drug-likeness (QED) is 0.384. The van der Waals surface area contributed by atoms with Crippen LogP contribution in [0.5, 0.6) is 0 Å². The second-order valence-corrected chi connectivity index (χ2v) is 3.87. The molecule has 6 nitrogen and oxygen atoms in total. The molecule has 98 valence electrons. The number of ketones is 1. The van der Waals surface area contributed by atoms with Crippen LogP contribution in [-0.2, 0) is 9.53 Å². The highest BCUT2D eigenvalue weighted by molar-refractivity contribution is 6.32. The first kappa shape index (κ1) is 14.7. The fourth-order valence-electron chi connectivity index (χ4n) is 1.19. The van der Waals surface area contributed by atoms with Gasteiger partial charge in [-0.05, 0) is 19.1 Å². The average molecular weight is 280 g/mol. The molecule has 0 saturated heterocycles. The second-order valence-electron chi connectivity index (χ2n) is 3.51. The Hall–Kier alpha value is -2.39. The highest BCUT2D eigenvalue weighted by Crippen LogP contribution is 2.12. The van der Waals surface area contributed by atoms with Crippen LogP contribution in [0.3, 0.4) is 0 Å². The molecule has 0 fully saturated rings. The largest absolute Gasteiger partial charge is 0.454 e. The predicted molar refractivity (Wildman–Crippen MR) is 67.0 cm³/mol. The third-order valence-electron chi connectivity index (χ3n) is 2.10. The number of rotatable bonds is 4. The van der Waals surface area contributed by atoms with Gasteiger partial charge in [-0.15, -0.1) is 0 Å². The summed E-state index contributed by atoms with van der Waals surface area (Å²) in [7, 11) is 0. The number of Topliss-reactive ketones (excluding diaryl/α,β-unsaturated/α-hetero) is 1. The van der Waals surface area contributed by atoms with Crippen molar-refractivity contribution in [2.24, 2.45) is 5.73 Å². The lowest BCUT2D eigenvalue weighted by molar-refractivity contribution is -0.118. The van der Waals surface area contributed by atoms with Crippen molar-refractivity contribution < 1.29 is 14.3 Å². The third kappa shape index (κ3) is 3.79. The van der Waals surface area contributed by atoms with Crippen molar-refractivity contribution in [1.82, 2.24) is 4.98 Å². The van der Waals surface area contributed by atoms with E-state index >= 15 is 0 Å². The second kappa shape index (κ2) is 6.52. The van der Waals surface area contributed by atoms with Gasteiger partial charge in [-0.1, -0.05) is 11.6 Å². The topological polar surface area (TPSA) is 106 Å². The van der Waals surface area contributed by atoms with E-state index in [0.717, 1.165) is 0 Å². The summed E-state index contributed by atoms with van der Waals surface area (Å²) >= 11 is 5.70. The van der Waals surface area contributed by atoms with E-state index in [4.69, 9.17) is 27.3 Å². The van der Waals surface area contributed by atoms with E-state index < -0.39 is 18.4 Å². The molecule has 1 rings (SSSR count). The monoisotopic (exact) mass is 279 g/mol. The molecule has 1 heterocycles. The van der Waals surface area contributed by atoms with Crippen LogP contribution < -0.4 is 5.73 Å². The summed E-state index contributed by atoms with van der Waals surface area (Å²) in [5.74, 6) is -1.46. The van der Waals surface area contributed by atoms with Crippen LogP contribution in [0.4, 0.5) is 0 Å². The number of ether oxygens (including phenoxy) is 1. The maximum Gasteiger partial charge on any atom is 0.341 e. The minimum atomic E-state index is -0.793. The maximum absolute atomic E-state index is 11.6. The number of carbonyl (C=O) groups is 2. The maximum atomic E-state index is 11.6. The molecule has 19 heavy (non-hydrogen) atoms. The fourth-order valence-corrected chi connectivity index (χ4v) is 1.39. The number of aromatic nitrogens is 1. The van der Waals surface area contributed by atoms with E-state index in [1.165, 1.54) is 25.3 Å². The number of esters is 1. The number of allylic oxidation sites excluding steroid dienone is 1. The van der Waals surface area contributed by atoms with Crippen molar-refractivity contribution in [3.8, 4) is 6.07 Å². The van der Waals surface area contributed by atoms with Crippen LogP contribution in [-0.4, -0.2) is 23.3 Å². The Bertz CT molecular complexity index is 586. The summed E-state index contributed by atoms with van der Waals surface area (Å²) in [6.07, 6.45) is 1.42. The van der Waals surface area contributed by atoms with Gasteiger partial charge in [0.2, 0.25) is 5.78 Å². The molecule has 0 aliphatic heterocycles. The Kier molecular flexibility index (Phi) is 5.03. The molecule has 2 N–H and O–H groups in total. The first-order chi connectivity index (χ1) is 8.97. The summed E-state index contributed by atoms with van der Waals surface area (Å²) in [5.41, 5.74) is 5.24. The smallest absolute Gasteiger partial charge is 0.341 e. The van der Waals surface area contributed by atoms with Gasteiger partial charge in [0.05, 0.1) is 5.56 Å². The lowest BCUT2D eigenvalue weighted by atomic mass is 10.1. The van der Waals surface area contributed by atoms with Crippen LogP contribution in [0.15, 0.2) is 29.6 Å². The molecule has 0 radical (unpaired) electrons. The Balaban J connectivity index is 2.72. The molecule has 1 aromatic rings. The lowest BCUT2D eigenvalue weighted by Gasteiger charge is -2.05. The minimum absolute atomic E-state index is 0.0222. The summed E-state index contributed by atoms with van der Waals surface area (Å²) in [6.45, 7) is 0.831. The van der Waals surface area contributed by atoms with Gasteiger partial charge in [0.25, 0.3) is 0 Å². The zero-order valence-electron chi connectivity index (χ0n) is 10.0. The number of nitrogens with two attached hydrogens (primary N) is 1. The summed E-state index contributed by atoms with van der Waals surface area (Å²) < 4.78 is 4.75. The van der Waals surface area contributed by atoms with E-state index in [1.54, 1.807) is 6.07 Å². The fraction of sp³-hybridized carbons (Fsp3) is 0.167. The van der Waals surface area contributed by atoms with Crippen LogP contribution in [0.2, 0.25) is 5.15 Å². The van der Waals surface area contributed by atoms with Crippen LogP contribution in [0.25, 0.3) is 0 Å². The van der Waals surface area contributed by atoms with Crippen molar-refractivity contribution >= 4 is 23.4 Å². The van der Waals surface area contributed by atoms with Crippen molar-refractivity contribution in [2.75, 3.05) is 6.61 Å². The third-order valence-corrected chi connectivity index (χ3v) is 2.40. The molecule has 7 heteroatoms. The molecule has 0 unspecified atom stereocenters. The first-order valence-corrected chi connectivity index (χ1v) is 5.52. The van der Waals surface area contributed by atoms with E-state index in [1.807, 2.05) is 0 Å². The normalized spacial score (nSPS) is 11.2. The molecule has 0 aromatic carbocycles. The van der Waals surface area contributed by atoms with Crippen LogP contribution >= 0.6 is 11.6 Å². The minimum Gasteiger partial charge on any atom is -0.454 e. The van der Waals surface area contributed by atoms with Crippen molar-refractivity contribution in [2.45, 2.75) is 6.92 Å². The SMILES string of the molecule is C/C(N)=C(\C#N)C(=O)COC(=O)c1cccnc1Cl. The predicted octanol–water partition coefficient (Wildman–Crippen LogP) is 1.22. The van der Waals surface area contributed by atoms with Gasteiger partial charge < -0.3 is 10.5 Å². The Morgan fingerprint density at radius 2 is 2.26 bits per heavy atom. The van der Waals surface area contributed by atoms with Gasteiger partial charge >= 0.3 is 5.97 Å². The molecule has 0 spiro atoms. The number of halogens is 1. The molecule has 0 amide bonds. The van der Waals surface area contributed by atoms with Gasteiger partial charge in [-0.2, -0.15) is 5.26 Å². The number of nitrogens with zero attached hydrogens (tertiary/aromatic N) is 2. The standard InChI is InChI=1S/C12H10ClN3O3/c1-7(15)9(5-14)10(17)6-19-12(18)8-3-2-4-16-11(8)13/h2-4H,6,15H2,1H3/b9-7-. The van der Waals surface area contributed by atoms with Gasteiger partial charge in [-0.25, -0.2) is 9.78 Å². The highest BCUT2D eigenvalue weighted by Gasteiger charge is 2.17. The molecular formula is C12H10ClN3O3. The molecule has 0 saturated carbocycles. The van der Waals surface area contributed by atoms with Crippen LogP contribution in [0.1, 0.15) is 17.3 Å². The first-order valence-electron chi connectivity index (χ1n) is 5.14. The van der Waals surface area contributed by atoms with E-state index in [2.05, 4.69) is 4.98 Å². The highest BCUT2D eigenvalue weighted by atomic mass is 35.5. The van der Waals surface area contributed by atoms with Crippen molar-refractivity contribution in [3.05, 3.63) is 40.3 Å². The number of carbonyl (C=O) groups excluding carboxylic acids is 2. The molecule has 0 bridgehead atoms. The number of hydrogen-bond donors (Lipinski definition) is 1. The van der Waals surface area contributed by atoms with E-state index in [0.29, 0.717) is 0 Å². The van der Waals surface area contributed by atoms with E-state index in [9.17, 15) is 9.59 Å². The number of nitriles is 1. The Morgan fingerprint density at radius 3 is 2.79 bits per heavy atom. The van der Waals surface area contributed by atoms with Gasteiger partial charge in [0, 0.05) is 11.9 Å². The zero-order valence-corrected chi connectivity index (χ0v) is 10.8. The van der Waals surface area contributed by atoms with Crippen molar-refractivity contribution in [1.29, 1.82) is 5.26 Å². The van der Waals surface area contributed by atoms with Gasteiger partial charge in [0.1, 0.15) is 16.8 Å². The molecule has 0 atom stereocenters. The van der Waals surface area contributed by atoms with Crippen molar-refractivity contribution in [3.63, 3.8) is 0 Å². The van der Waals surface area contributed by atoms with E-state index in [-0.39, 0.29) is 22.0 Å². The molecular weight excluding hydrogens is 270 g/mol. The molecule has 1 aromatic heterocycles. The number of hydrogen-bond acceptors (Lipinski definition) is 6. The van der Waals surface area contributed by atoms with Crippen LogP contribution in [0, 0.1) is 11.3 Å². The molecule has 0 aliphatic carbocycles. The summed E-state index contributed by atoms with van der Waals surface area (Å²) in [5, 5.41) is 8.69. The number of pyridine rings is 1. The zero-order chi connectivity index (χ0) is 14.4. The lowest BCUT2D eigenvalue weighted by Crippen LogP contribution is -2.18. The van der Waals surface area contributed by atoms with Gasteiger partial charge in [0.15, 0.2) is 6.61 Å². The summed E-state index contributed by atoms with van der Waals surface area (Å²) in [6, 6.07) is 4.57. The van der Waals surface area contributed by atoms with Gasteiger partial charge in [-0.3, -0.25) is 4.79 Å². The molecule has 0 aliphatic rings.